The molecule has 0 aliphatic heterocycles. The van der Waals surface area contributed by atoms with E-state index in [0.717, 1.165) is 17.7 Å². The molecule has 1 aromatic carbocycles. The van der Waals surface area contributed by atoms with Gasteiger partial charge in [0.1, 0.15) is 6.61 Å². The molecule has 0 bridgehead atoms. The fourth-order valence-electron chi connectivity index (χ4n) is 1.03. The van der Waals surface area contributed by atoms with E-state index in [-0.39, 0.29) is 5.97 Å². The van der Waals surface area contributed by atoms with Crippen molar-refractivity contribution in [2.45, 2.75) is 19.4 Å². The summed E-state index contributed by atoms with van der Waals surface area (Å²) < 4.78 is 5.06. The maximum Gasteiger partial charge on any atom is 0.306 e. The first-order chi connectivity index (χ1) is 6.83. The van der Waals surface area contributed by atoms with Crippen molar-refractivity contribution in [3.05, 3.63) is 35.9 Å². The summed E-state index contributed by atoms with van der Waals surface area (Å²) in [6.07, 6.45) is 1.23. The van der Waals surface area contributed by atoms with Gasteiger partial charge in [0.15, 0.2) is 0 Å². The fourth-order valence-corrected chi connectivity index (χ4v) is 1.19. The van der Waals surface area contributed by atoms with Gasteiger partial charge < -0.3 is 4.74 Å². The van der Waals surface area contributed by atoms with E-state index < -0.39 is 0 Å². The lowest BCUT2D eigenvalue weighted by molar-refractivity contribution is -0.144. The summed E-state index contributed by atoms with van der Waals surface area (Å²) >= 11 is 4.03. The Kier molecular flexibility index (Phi) is 5.15. The minimum atomic E-state index is -0.150. The third-order valence-corrected chi connectivity index (χ3v) is 2.10. The van der Waals surface area contributed by atoms with Crippen molar-refractivity contribution in [1.29, 1.82) is 0 Å². The fraction of sp³-hybridized carbons (Fsp3) is 0.364. The van der Waals surface area contributed by atoms with Gasteiger partial charge in [-0.05, 0) is 17.7 Å². The van der Waals surface area contributed by atoms with Crippen molar-refractivity contribution in [2.24, 2.45) is 0 Å². The zero-order valence-electron chi connectivity index (χ0n) is 7.98. The smallest absolute Gasteiger partial charge is 0.306 e. The van der Waals surface area contributed by atoms with Gasteiger partial charge in [-0.25, -0.2) is 0 Å². The Hall–Kier alpha value is -0.960. The van der Waals surface area contributed by atoms with Crippen LogP contribution < -0.4 is 0 Å². The molecule has 0 radical (unpaired) electrons. The van der Waals surface area contributed by atoms with Crippen LogP contribution in [0.4, 0.5) is 0 Å². The number of hydrogen-bond acceptors (Lipinski definition) is 3. The molecule has 0 fully saturated rings. The van der Waals surface area contributed by atoms with Gasteiger partial charge in [-0.15, -0.1) is 0 Å². The Balaban J connectivity index is 2.24. The first-order valence-electron chi connectivity index (χ1n) is 4.63. The Morgan fingerprint density at radius 2 is 2.00 bits per heavy atom. The number of benzene rings is 1. The summed E-state index contributed by atoms with van der Waals surface area (Å²) in [4.78, 5) is 11.1. The summed E-state index contributed by atoms with van der Waals surface area (Å²) in [6.45, 7) is 0.367. The number of hydrogen-bond donors (Lipinski definition) is 1. The van der Waals surface area contributed by atoms with Crippen molar-refractivity contribution in [1.82, 2.24) is 0 Å². The molecule has 0 heterocycles. The standard InChI is InChI=1S/C11H14O2S/c12-11(7-4-8-14)13-9-10-5-2-1-3-6-10/h1-3,5-6,14H,4,7-9H2. The number of rotatable bonds is 5. The third-order valence-electron chi connectivity index (χ3n) is 1.78. The molecule has 0 saturated heterocycles. The molecule has 0 unspecified atom stereocenters. The van der Waals surface area contributed by atoms with E-state index in [1.807, 2.05) is 30.3 Å². The third kappa shape index (κ3) is 4.33. The molecule has 0 amide bonds. The van der Waals surface area contributed by atoms with Crippen molar-refractivity contribution >= 4 is 18.6 Å². The van der Waals surface area contributed by atoms with Gasteiger partial charge in [-0.3, -0.25) is 4.79 Å². The van der Waals surface area contributed by atoms with Crippen LogP contribution in [0.25, 0.3) is 0 Å². The highest BCUT2D eigenvalue weighted by Crippen LogP contribution is 2.02. The van der Waals surface area contributed by atoms with Gasteiger partial charge in [-0.2, -0.15) is 12.6 Å². The first-order valence-corrected chi connectivity index (χ1v) is 5.26. The monoisotopic (exact) mass is 210 g/mol. The van der Waals surface area contributed by atoms with Crippen molar-refractivity contribution < 1.29 is 9.53 Å². The minimum Gasteiger partial charge on any atom is -0.461 e. The van der Waals surface area contributed by atoms with Gasteiger partial charge in [0.2, 0.25) is 0 Å². The van der Waals surface area contributed by atoms with E-state index in [0.29, 0.717) is 13.0 Å². The van der Waals surface area contributed by atoms with Gasteiger partial charge >= 0.3 is 5.97 Å². The molecule has 0 aromatic heterocycles. The highest BCUT2D eigenvalue weighted by Gasteiger charge is 2.01. The van der Waals surface area contributed by atoms with Crippen molar-refractivity contribution in [3.63, 3.8) is 0 Å². The van der Waals surface area contributed by atoms with Gasteiger partial charge in [0.25, 0.3) is 0 Å². The minimum absolute atomic E-state index is 0.150. The zero-order valence-corrected chi connectivity index (χ0v) is 8.87. The predicted molar refractivity (Wildman–Crippen MR) is 59.3 cm³/mol. The van der Waals surface area contributed by atoms with Crippen LogP contribution in [0, 0.1) is 0 Å². The summed E-state index contributed by atoms with van der Waals surface area (Å²) in [5, 5.41) is 0. The topological polar surface area (TPSA) is 26.3 Å². The highest BCUT2D eigenvalue weighted by atomic mass is 32.1. The molecular formula is C11H14O2S. The van der Waals surface area contributed by atoms with E-state index >= 15 is 0 Å². The number of thiol groups is 1. The van der Waals surface area contributed by atoms with Crippen LogP contribution in [0.1, 0.15) is 18.4 Å². The van der Waals surface area contributed by atoms with Crippen LogP contribution in [0.5, 0.6) is 0 Å². The van der Waals surface area contributed by atoms with Crippen LogP contribution in [-0.4, -0.2) is 11.7 Å². The lowest BCUT2D eigenvalue weighted by Crippen LogP contribution is -2.04. The molecule has 0 aliphatic rings. The molecule has 1 rings (SSSR count). The van der Waals surface area contributed by atoms with Crippen molar-refractivity contribution in [3.8, 4) is 0 Å². The van der Waals surface area contributed by atoms with E-state index in [1.54, 1.807) is 0 Å². The SMILES string of the molecule is O=C(CCCS)OCc1ccccc1. The van der Waals surface area contributed by atoms with E-state index in [9.17, 15) is 4.79 Å². The van der Waals surface area contributed by atoms with Gasteiger partial charge in [0, 0.05) is 6.42 Å². The van der Waals surface area contributed by atoms with E-state index in [2.05, 4.69) is 12.6 Å². The Morgan fingerprint density at radius 1 is 1.29 bits per heavy atom. The number of carbonyl (C=O) groups excluding carboxylic acids is 1. The molecule has 3 heteroatoms. The molecule has 0 spiro atoms. The average Bonchev–Trinajstić information content (AvgIpc) is 2.25. The maximum atomic E-state index is 11.1. The van der Waals surface area contributed by atoms with Crippen LogP contribution in [0.2, 0.25) is 0 Å². The number of ether oxygens (including phenoxy) is 1. The molecule has 0 atom stereocenters. The molecule has 0 saturated carbocycles. The van der Waals surface area contributed by atoms with E-state index in [4.69, 9.17) is 4.74 Å². The Morgan fingerprint density at radius 3 is 2.64 bits per heavy atom. The summed E-state index contributed by atoms with van der Waals surface area (Å²) in [5.41, 5.74) is 1.02. The van der Waals surface area contributed by atoms with Crippen LogP contribution in [-0.2, 0) is 16.1 Å². The van der Waals surface area contributed by atoms with Crippen LogP contribution in [0.3, 0.4) is 0 Å². The Labute approximate surface area is 89.7 Å². The van der Waals surface area contributed by atoms with Gasteiger partial charge in [-0.1, -0.05) is 30.3 Å². The van der Waals surface area contributed by atoms with Crippen LogP contribution in [0.15, 0.2) is 30.3 Å². The predicted octanol–water partition coefficient (Wildman–Crippen LogP) is 2.44. The number of carbonyl (C=O) groups is 1. The normalized spacial score (nSPS) is 9.79. The molecular weight excluding hydrogens is 196 g/mol. The van der Waals surface area contributed by atoms with E-state index in [1.165, 1.54) is 0 Å². The zero-order chi connectivity index (χ0) is 10.2. The second kappa shape index (κ2) is 6.49. The second-order valence-corrected chi connectivity index (χ2v) is 3.42. The van der Waals surface area contributed by atoms with Crippen molar-refractivity contribution in [2.75, 3.05) is 5.75 Å². The lowest BCUT2D eigenvalue weighted by Gasteiger charge is -2.03. The van der Waals surface area contributed by atoms with Gasteiger partial charge in [0.05, 0.1) is 0 Å². The van der Waals surface area contributed by atoms with Crippen LogP contribution >= 0.6 is 12.6 Å². The number of esters is 1. The maximum absolute atomic E-state index is 11.1. The quantitative estimate of drug-likeness (QED) is 0.597. The second-order valence-electron chi connectivity index (χ2n) is 2.97. The molecule has 1 aromatic rings. The first kappa shape index (κ1) is 11.1. The molecule has 76 valence electrons. The molecule has 0 N–H and O–H groups in total. The summed E-state index contributed by atoms with van der Waals surface area (Å²) in [5.74, 6) is 0.573. The largest absolute Gasteiger partial charge is 0.461 e. The molecule has 0 aliphatic carbocycles. The Bertz CT molecular complexity index is 272. The average molecular weight is 210 g/mol. The molecule has 2 nitrogen and oxygen atoms in total. The molecule has 14 heavy (non-hydrogen) atoms. The lowest BCUT2D eigenvalue weighted by atomic mass is 10.2. The summed E-state index contributed by atoms with van der Waals surface area (Å²) in [7, 11) is 0. The summed E-state index contributed by atoms with van der Waals surface area (Å²) in [6, 6.07) is 9.66. The highest BCUT2D eigenvalue weighted by molar-refractivity contribution is 7.80.